The van der Waals surface area contributed by atoms with Crippen LogP contribution in [0.5, 0.6) is 11.5 Å². The van der Waals surface area contributed by atoms with Crippen LogP contribution in [0.3, 0.4) is 0 Å². The number of hydrogen-bond donors (Lipinski definition) is 0. The Balaban J connectivity index is 0.000000299. The molecule has 7 heteroatoms. The van der Waals surface area contributed by atoms with Crippen LogP contribution >= 0.6 is 59.9 Å². The Morgan fingerprint density at radius 1 is 1.21 bits per heavy atom. The molecular weight excluding hydrogens is 555 g/mol. The largest absolute Gasteiger partial charge is 1.00 e. The first-order valence-corrected chi connectivity index (χ1v) is 16.7. The van der Waals surface area contributed by atoms with Crippen LogP contribution in [-0.2, 0) is 4.92 Å². The van der Waals surface area contributed by atoms with Crippen molar-refractivity contribution in [2.45, 2.75) is 0 Å². The van der Waals surface area contributed by atoms with Gasteiger partial charge in [0.25, 0.3) is 0 Å². The Morgan fingerprint density at radius 3 is 2.36 bits per heavy atom. The summed E-state index contributed by atoms with van der Waals surface area (Å²) < 4.78 is 10.1. The topological polar surface area (TPSA) is 18.5 Å². The minimum absolute atomic E-state index is 0. The van der Waals surface area contributed by atoms with Gasteiger partial charge < -0.3 is 9.47 Å². The van der Waals surface area contributed by atoms with Gasteiger partial charge >= 0.3 is 83.7 Å². The van der Waals surface area contributed by atoms with Crippen LogP contribution in [0.25, 0.3) is 0 Å². The van der Waals surface area contributed by atoms with E-state index in [1.165, 1.54) is 0 Å². The predicted molar refractivity (Wildman–Crippen MR) is 73.5 cm³/mol. The van der Waals surface area contributed by atoms with Gasteiger partial charge in [0, 0.05) is 0 Å². The maximum absolute atomic E-state index is 5.06. The van der Waals surface area contributed by atoms with Gasteiger partial charge in [-0.1, -0.05) is 0 Å². The summed E-state index contributed by atoms with van der Waals surface area (Å²) in [6, 6.07) is 8.29. The molecule has 1 heterocycles. The number of halogens is 3. The van der Waals surface area contributed by atoms with Crippen LogP contribution in [0.2, 0.25) is 0 Å². The quantitative estimate of drug-likeness (QED) is 0.267. The molecule has 0 radical (unpaired) electrons. The van der Waals surface area contributed by atoms with E-state index in [9.17, 15) is 0 Å². The van der Waals surface area contributed by atoms with Crippen molar-refractivity contribution in [1.82, 2.24) is 0 Å². The molecule has 72 valence electrons. The van der Waals surface area contributed by atoms with Gasteiger partial charge in [0.2, 0.25) is 6.79 Å². The Kier molecular flexibility index (Phi) is 10.7. The average Bonchev–Trinajstić information content (AvgIpc) is 2.49. The molecule has 1 aliphatic rings. The molecule has 0 aromatic heterocycles. The molecule has 0 amide bonds. The molecule has 1 aliphatic heterocycles. The van der Waals surface area contributed by atoms with Gasteiger partial charge in [0.15, 0.2) is 0 Å². The molecule has 14 heavy (non-hydrogen) atoms. The number of benzene rings is 1. The molecule has 2 rings (SSSR count). The first-order chi connectivity index (χ1) is 6.20. The van der Waals surface area contributed by atoms with Crippen LogP contribution in [0.15, 0.2) is 18.2 Å². The van der Waals surface area contributed by atoms with E-state index in [-0.39, 0.29) is 23.8 Å². The summed E-state index contributed by atoms with van der Waals surface area (Å²) in [7, 11) is 0. The number of hydrogen-bond acceptors (Lipinski definition) is 2. The van der Waals surface area contributed by atoms with Crippen molar-refractivity contribution < 1.29 is 33.3 Å². The fourth-order valence-electron chi connectivity index (χ4n) is 0.789. The zero-order valence-corrected chi connectivity index (χ0v) is 15.2. The van der Waals surface area contributed by atoms with E-state index in [0.717, 1.165) is 11.5 Å². The van der Waals surface area contributed by atoms with Gasteiger partial charge in [0.05, 0.1) is 11.5 Å². The maximum Gasteiger partial charge on any atom is 1.00 e. The Bertz CT molecular complexity index is 249. The molecular formula is C7H5I3LiO2V. The van der Waals surface area contributed by atoms with Crippen LogP contribution in [-0.4, -0.2) is 6.79 Å². The molecule has 0 saturated carbocycles. The summed E-state index contributed by atoms with van der Waals surface area (Å²) in [5.74, 6) is 1.60. The smallest absolute Gasteiger partial charge is 0.516 e. The van der Waals surface area contributed by atoms with E-state index < -0.39 is 0 Å². The van der Waals surface area contributed by atoms with Crippen molar-refractivity contribution in [1.29, 1.82) is 0 Å². The van der Waals surface area contributed by atoms with E-state index in [1.54, 1.807) is 12.1 Å². The second-order valence-electron chi connectivity index (χ2n) is 1.97. The summed E-state index contributed by atoms with van der Waals surface area (Å²) in [4.78, 5) is -0.278. The first-order valence-electron chi connectivity index (χ1n) is 3.23. The van der Waals surface area contributed by atoms with Gasteiger partial charge in [-0.25, -0.2) is 0 Å². The normalized spacial score (nSPS) is 11.4. The van der Waals surface area contributed by atoms with E-state index >= 15 is 0 Å². The molecule has 0 bridgehead atoms. The summed E-state index contributed by atoms with van der Waals surface area (Å²) in [6.45, 7) is 0.340. The van der Waals surface area contributed by atoms with Crippen molar-refractivity contribution >= 4 is 59.9 Å². The molecule has 0 unspecified atom stereocenters. The molecule has 0 spiro atoms. The van der Waals surface area contributed by atoms with Crippen LogP contribution in [0.4, 0.5) is 0 Å². The number of fused-ring (bicyclic) bond motifs is 1. The van der Waals surface area contributed by atoms with Crippen molar-refractivity contribution in [2.24, 2.45) is 0 Å². The molecule has 2 nitrogen and oxygen atoms in total. The molecule has 0 aliphatic carbocycles. The Hall–Kier alpha value is 2.19. The monoisotopic (exact) mass is 560 g/mol. The van der Waals surface area contributed by atoms with E-state index in [4.69, 9.17) is 9.47 Å². The minimum atomic E-state index is -0.278. The summed E-state index contributed by atoms with van der Waals surface area (Å²) >= 11 is 7.39. The maximum atomic E-state index is 5.06. The Morgan fingerprint density at radius 2 is 1.79 bits per heavy atom. The summed E-state index contributed by atoms with van der Waals surface area (Å²) in [5, 5.41) is 0. The first kappa shape index (κ1) is 16.2. The molecule has 1 aromatic carbocycles. The SMILES string of the molecule is [I][V]([I])[I].[Li+].[c-]1ccc2c(c1)OCO2. The van der Waals surface area contributed by atoms with E-state index in [0.29, 0.717) is 6.79 Å². The molecule has 0 N–H and O–H groups in total. The average molecular weight is 560 g/mol. The fourth-order valence-corrected chi connectivity index (χ4v) is 0.789. The van der Waals surface area contributed by atoms with Crippen molar-refractivity contribution in [3.8, 4) is 11.5 Å². The van der Waals surface area contributed by atoms with Crippen LogP contribution < -0.4 is 28.3 Å². The summed E-state index contributed by atoms with van der Waals surface area (Å²) in [5.41, 5.74) is 0. The van der Waals surface area contributed by atoms with Gasteiger partial charge in [-0.2, -0.15) is 12.1 Å². The van der Waals surface area contributed by atoms with Crippen molar-refractivity contribution in [3.63, 3.8) is 0 Å². The van der Waals surface area contributed by atoms with Gasteiger partial charge in [0.1, 0.15) is 0 Å². The zero-order chi connectivity index (χ0) is 9.68. The summed E-state index contributed by atoms with van der Waals surface area (Å²) in [6.07, 6.45) is 0. The number of rotatable bonds is 0. The van der Waals surface area contributed by atoms with Gasteiger partial charge in [-0.15, -0.1) is 12.1 Å². The predicted octanol–water partition coefficient (Wildman–Crippen LogP) is 0.874. The number of ether oxygens (including phenoxy) is 2. The molecule has 0 saturated heterocycles. The third-order valence-corrected chi connectivity index (χ3v) is 1.22. The van der Waals surface area contributed by atoms with Crippen molar-refractivity contribution in [3.05, 3.63) is 24.3 Å². The van der Waals surface area contributed by atoms with Gasteiger partial charge in [-0.3, -0.25) is 0 Å². The van der Waals surface area contributed by atoms with E-state index in [1.807, 2.05) is 6.07 Å². The van der Waals surface area contributed by atoms with Crippen LogP contribution in [0.1, 0.15) is 0 Å². The van der Waals surface area contributed by atoms with Crippen molar-refractivity contribution in [2.75, 3.05) is 6.79 Å². The zero-order valence-electron chi connectivity index (χ0n) is 7.34. The van der Waals surface area contributed by atoms with Crippen LogP contribution in [0, 0.1) is 6.07 Å². The van der Waals surface area contributed by atoms with Gasteiger partial charge in [-0.05, 0) is 0 Å². The van der Waals surface area contributed by atoms with E-state index in [2.05, 4.69) is 66.0 Å². The fraction of sp³-hybridized carbons (Fsp3) is 0.143. The second-order valence-corrected chi connectivity index (χ2v) is 37.3. The minimum Gasteiger partial charge on any atom is -0.516 e. The second kappa shape index (κ2) is 9.25. The standard InChI is InChI=1S/C7H5O2.3HI.Li.V/c1-2-4-7-6(3-1)8-5-9-7;;;;;/h1,3-4H,5H2;3*1H;;/q-1;;;;+1;+3/p-3. The Labute approximate surface area is 133 Å². The molecule has 1 aromatic rings. The molecule has 0 fully saturated rings. The third kappa shape index (κ3) is 6.71. The molecule has 0 atom stereocenters. The third-order valence-electron chi connectivity index (χ3n) is 1.22.